The largest absolute Gasteiger partial charge is 0.415 e. The number of amides is 3. The minimum Gasteiger partial charge on any atom is -0.411 e. The summed E-state index contributed by atoms with van der Waals surface area (Å²) in [4.78, 5) is 45.4. The number of carbonyl (C=O) groups is 3. The van der Waals surface area contributed by atoms with Gasteiger partial charge < -0.3 is 24.2 Å². The first-order valence-corrected chi connectivity index (χ1v) is 14.3. The number of nitrogens with zero attached hydrogens (tertiary/aromatic N) is 3. The maximum absolute atomic E-state index is 13.7. The van der Waals surface area contributed by atoms with Crippen molar-refractivity contribution < 1.29 is 23.9 Å². The van der Waals surface area contributed by atoms with Crippen LogP contribution in [0.15, 0.2) is 48.3 Å². The Morgan fingerprint density at radius 2 is 1.77 bits per heavy atom. The minimum atomic E-state index is -0.428. The van der Waals surface area contributed by atoms with E-state index in [-0.39, 0.29) is 29.7 Å². The highest BCUT2D eigenvalue weighted by Crippen LogP contribution is 2.35. The number of hydrogen-bond acceptors (Lipinski definition) is 5. The van der Waals surface area contributed by atoms with E-state index in [1.54, 1.807) is 17.1 Å². The van der Waals surface area contributed by atoms with Crippen molar-refractivity contribution in [2.24, 2.45) is 11.3 Å². The molecular formula is C30H40ClN3O5. The topological polar surface area (TPSA) is 79.4 Å². The summed E-state index contributed by atoms with van der Waals surface area (Å²) >= 11 is 6.16. The van der Waals surface area contributed by atoms with Crippen LogP contribution in [0.1, 0.15) is 52.0 Å². The number of likely N-dealkylation sites (tertiary alicyclic amines) is 2. The molecule has 0 radical (unpaired) electrons. The molecule has 0 unspecified atom stereocenters. The van der Waals surface area contributed by atoms with E-state index in [1.807, 2.05) is 67.8 Å². The highest BCUT2D eigenvalue weighted by molar-refractivity contribution is 6.30. The van der Waals surface area contributed by atoms with Gasteiger partial charge in [-0.3, -0.25) is 9.59 Å². The van der Waals surface area contributed by atoms with Gasteiger partial charge >= 0.3 is 6.09 Å². The summed E-state index contributed by atoms with van der Waals surface area (Å²) in [5.41, 5.74) is 0.602. The molecule has 2 atom stereocenters. The molecule has 0 N–H and O–H groups in total. The van der Waals surface area contributed by atoms with Crippen molar-refractivity contribution in [1.29, 1.82) is 0 Å². The van der Waals surface area contributed by atoms with Crippen LogP contribution < -0.4 is 0 Å². The maximum atomic E-state index is 13.7. The van der Waals surface area contributed by atoms with Crippen molar-refractivity contribution in [2.45, 2.75) is 52.5 Å². The molecule has 0 spiro atoms. The third-order valence-electron chi connectivity index (χ3n) is 8.18. The van der Waals surface area contributed by atoms with E-state index >= 15 is 0 Å². The molecule has 1 aromatic rings. The van der Waals surface area contributed by atoms with Gasteiger partial charge in [0.2, 0.25) is 11.8 Å². The quantitative estimate of drug-likeness (QED) is 0.354. The zero-order valence-electron chi connectivity index (χ0n) is 23.4. The van der Waals surface area contributed by atoms with Crippen LogP contribution in [0.2, 0.25) is 5.02 Å². The number of carbonyl (C=O) groups excluding carboxylic acids is 3. The Bertz CT molecular complexity index is 1110. The highest BCUT2D eigenvalue weighted by Gasteiger charge is 2.46. The summed E-state index contributed by atoms with van der Waals surface area (Å²) in [5.74, 6) is 0.483. The van der Waals surface area contributed by atoms with Gasteiger partial charge in [-0.1, -0.05) is 29.8 Å². The molecule has 3 amide bonds. The van der Waals surface area contributed by atoms with E-state index in [1.165, 1.54) is 0 Å². The van der Waals surface area contributed by atoms with Gasteiger partial charge in [0.15, 0.2) is 0 Å². The highest BCUT2D eigenvalue weighted by atomic mass is 35.5. The Hall–Kier alpha value is -2.84. The zero-order valence-corrected chi connectivity index (χ0v) is 24.2. The van der Waals surface area contributed by atoms with Crippen LogP contribution in [0.5, 0.6) is 0 Å². The molecule has 9 heteroatoms. The predicted octanol–water partition coefficient (Wildman–Crippen LogP) is 4.85. The second-order valence-electron chi connectivity index (χ2n) is 10.9. The van der Waals surface area contributed by atoms with E-state index in [2.05, 4.69) is 0 Å². The van der Waals surface area contributed by atoms with Crippen LogP contribution in [-0.4, -0.2) is 84.6 Å². The van der Waals surface area contributed by atoms with E-state index in [0.717, 1.165) is 5.56 Å². The van der Waals surface area contributed by atoms with E-state index in [9.17, 15) is 14.4 Å². The lowest BCUT2D eigenvalue weighted by Crippen LogP contribution is -2.55. The monoisotopic (exact) mass is 557 g/mol. The van der Waals surface area contributed by atoms with Crippen molar-refractivity contribution >= 4 is 29.5 Å². The third-order valence-corrected chi connectivity index (χ3v) is 8.44. The fourth-order valence-electron chi connectivity index (χ4n) is 5.83. The van der Waals surface area contributed by atoms with Gasteiger partial charge in [0.05, 0.1) is 24.7 Å². The third kappa shape index (κ3) is 6.33. The predicted molar refractivity (Wildman–Crippen MR) is 150 cm³/mol. The van der Waals surface area contributed by atoms with E-state index in [4.69, 9.17) is 21.1 Å². The average Bonchev–Trinajstić information content (AvgIpc) is 3.36. The molecular weight excluding hydrogens is 518 g/mol. The summed E-state index contributed by atoms with van der Waals surface area (Å²) in [5, 5.41) is 0.640. The summed E-state index contributed by atoms with van der Waals surface area (Å²) < 4.78 is 11.0. The van der Waals surface area contributed by atoms with Crippen molar-refractivity contribution in [3.8, 4) is 0 Å². The molecule has 0 aromatic heterocycles. The summed E-state index contributed by atoms with van der Waals surface area (Å²) in [6.07, 6.45) is 6.18. The molecule has 3 heterocycles. The number of ether oxygens (including phenoxy) is 2. The van der Waals surface area contributed by atoms with Crippen molar-refractivity contribution in [2.75, 3.05) is 45.9 Å². The lowest BCUT2D eigenvalue weighted by molar-refractivity contribution is -0.170. The number of hydrogen-bond donors (Lipinski definition) is 0. The van der Waals surface area contributed by atoms with E-state index < -0.39 is 11.5 Å². The Balaban J connectivity index is 1.48. The Labute approximate surface area is 236 Å². The molecule has 1 aromatic carbocycles. The number of allylic oxidation sites excluding steroid dienone is 3. The van der Waals surface area contributed by atoms with Gasteiger partial charge in [-0.25, -0.2) is 4.79 Å². The van der Waals surface area contributed by atoms with Crippen LogP contribution in [0.25, 0.3) is 0 Å². The molecule has 3 saturated heterocycles. The summed E-state index contributed by atoms with van der Waals surface area (Å²) in [6.45, 7) is 11.0. The SMILES string of the molecule is C/C=C\C(=C/C)OC(=O)N(CC)[C@@H]1CN(C(=O)C2CCN(C(=O)C3(C)COC3)CC2)C[C@H]1c1ccc(Cl)cc1. The van der Waals surface area contributed by atoms with Crippen LogP contribution in [0.4, 0.5) is 4.79 Å². The van der Waals surface area contributed by atoms with Crippen LogP contribution in [0, 0.1) is 11.3 Å². The van der Waals surface area contributed by atoms with E-state index in [0.29, 0.717) is 69.6 Å². The molecule has 8 nitrogen and oxygen atoms in total. The first-order valence-electron chi connectivity index (χ1n) is 13.9. The number of piperidine rings is 1. The summed E-state index contributed by atoms with van der Waals surface area (Å²) in [7, 11) is 0. The molecule has 212 valence electrons. The molecule has 4 rings (SSSR count). The van der Waals surface area contributed by atoms with Crippen LogP contribution in [0.3, 0.4) is 0 Å². The second kappa shape index (κ2) is 12.6. The second-order valence-corrected chi connectivity index (χ2v) is 11.4. The standard InChI is InChI=1S/C30H40ClN3O5/c1-5-8-24(6-2)39-29(37)34(7-3)26-18-33(17-25(26)21-9-11-23(31)12-10-21)27(35)22-13-15-32(16-14-22)28(36)30(4)19-38-20-30/h5-6,8-12,22,25-26H,7,13-20H2,1-4H3/b8-5-,24-6+/t25-,26+/m0/s1. The number of rotatable bonds is 7. The van der Waals surface area contributed by atoms with Crippen molar-refractivity contribution in [3.63, 3.8) is 0 Å². The first kappa shape index (κ1) is 29.2. The average molecular weight is 558 g/mol. The first-order chi connectivity index (χ1) is 18.7. The summed E-state index contributed by atoms with van der Waals surface area (Å²) in [6, 6.07) is 7.39. The van der Waals surface area contributed by atoms with Crippen molar-refractivity contribution in [3.05, 3.63) is 58.8 Å². The number of benzene rings is 1. The van der Waals surface area contributed by atoms with Gasteiger partial charge in [0, 0.05) is 49.6 Å². The van der Waals surface area contributed by atoms with Crippen molar-refractivity contribution in [1.82, 2.24) is 14.7 Å². The van der Waals surface area contributed by atoms with Crippen LogP contribution in [-0.2, 0) is 19.1 Å². The van der Waals surface area contributed by atoms with Gasteiger partial charge in [-0.2, -0.15) is 0 Å². The molecule has 0 bridgehead atoms. The van der Waals surface area contributed by atoms with Gasteiger partial charge in [-0.05, 0) is 70.4 Å². The Kier molecular flexibility index (Phi) is 9.39. The lowest BCUT2D eigenvalue weighted by atomic mass is 9.85. The molecule has 3 aliphatic heterocycles. The number of likely N-dealkylation sites (N-methyl/N-ethyl adjacent to an activating group) is 1. The lowest BCUT2D eigenvalue weighted by Gasteiger charge is -2.42. The molecule has 39 heavy (non-hydrogen) atoms. The van der Waals surface area contributed by atoms with Gasteiger partial charge in [0.25, 0.3) is 0 Å². The molecule has 3 aliphatic rings. The molecule has 0 saturated carbocycles. The Morgan fingerprint density at radius 1 is 1.10 bits per heavy atom. The minimum absolute atomic E-state index is 0.0743. The fraction of sp³-hybridized carbons (Fsp3) is 0.567. The van der Waals surface area contributed by atoms with Gasteiger partial charge in [-0.15, -0.1) is 0 Å². The smallest absolute Gasteiger partial charge is 0.411 e. The van der Waals surface area contributed by atoms with Gasteiger partial charge in [0.1, 0.15) is 5.76 Å². The number of halogens is 1. The molecule has 0 aliphatic carbocycles. The fourth-order valence-corrected chi connectivity index (χ4v) is 5.96. The zero-order chi connectivity index (χ0) is 28.2. The molecule has 3 fully saturated rings. The normalized spacial score (nSPS) is 23.6. The van der Waals surface area contributed by atoms with Crippen LogP contribution >= 0.6 is 11.6 Å². The Morgan fingerprint density at radius 3 is 2.31 bits per heavy atom. The maximum Gasteiger partial charge on any atom is 0.415 e.